The van der Waals surface area contributed by atoms with Gasteiger partial charge in [-0.05, 0) is 65.6 Å². The Morgan fingerprint density at radius 2 is 1.85 bits per heavy atom. The monoisotopic (exact) mass is 479 g/mol. The maximum Gasteiger partial charge on any atom is 0.327 e. The number of H-pyrrole nitrogens is 1. The first kappa shape index (κ1) is 24.4. The molecule has 6 heteroatoms. The second kappa shape index (κ2) is 9.14. The van der Waals surface area contributed by atoms with Crippen LogP contribution in [-0.4, -0.2) is 32.7 Å². The molecule has 0 aliphatic carbocycles. The number of hydrogen-bond acceptors (Lipinski definition) is 5. The van der Waals surface area contributed by atoms with Gasteiger partial charge in [-0.25, -0.2) is 0 Å². The lowest BCUT2D eigenvalue weighted by Gasteiger charge is -2.41. The number of aromatic hydroxyl groups is 1. The van der Waals surface area contributed by atoms with Gasteiger partial charge in [-0.2, -0.15) is 0 Å². The predicted molar refractivity (Wildman–Crippen MR) is 136 cm³/mol. The van der Waals surface area contributed by atoms with Gasteiger partial charge in [0, 0.05) is 28.4 Å². The van der Waals surface area contributed by atoms with Crippen molar-refractivity contribution in [3.05, 3.63) is 59.8 Å². The third-order valence-corrected chi connectivity index (χ3v) is 8.10. The molecule has 0 bridgehead atoms. The molecule has 0 radical (unpaired) electrons. The molecule has 2 heterocycles. The summed E-state index contributed by atoms with van der Waals surface area (Å²) in [6.07, 6.45) is 3.34. The number of esters is 1. The molecule has 1 aromatic heterocycles. The standard InChI is InChI=1S/C28H33NO4S/c1-17(2)28(12-10-18-6-8-20(30)9-7-18)16-23(31)25(26(32)33-28)34-24-14-19-11-13-29-22(19)15-21(24)27(3,4)5/h6-9,11,13-15,17,25,29-30H,10,12,16H2,1-5H3/t25?,28-/m0/s1. The van der Waals surface area contributed by atoms with Crippen LogP contribution in [0.15, 0.2) is 53.6 Å². The number of aromatic nitrogens is 1. The van der Waals surface area contributed by atoms with Crippen molar-refractivity contribution < 1.29 is 19.4 Å². The average molecular weight is 480 g/mol. The Labute approximate surface area is 205 Å². The highest BCUT2D eigenvalue weighted by atomic mass is 32.2. The van der Waals surface area contributed by atoms with E-state index in [9.17, 15) is 14.7 Å². The summed E-state index contributed by atoms with van der Waals surface area (Å²) >= 11 is 1.32. The van der Waals surface area contributed by atoms with Crippen molar-refractivity contribution in [3.63, 3.8) is 0 Å². The Bertz CT molecular complexity index is 1190. The van der Waals surface area contributed by atoms with Crippen LogP contribution in [0.1, 0.15) is 58.6 Å². The number of aromatic amines is 1. The number of ether oxygens (including phenoxy) is 1. The number of hydrogen-bond donors (Lipinski definition) is 2. The van der Waals surface area contributed by atoms with E-state index in [2.05, 4.69) is 37.9 Å². The smallest absolute Gasteiger partial charge is 0.327 e. The van der Waals surface area contributed by atoms with E-state index in [0.717, 1.165) is 26.9 Å². The molecule has 1 unspecified atom stereocenters. The van der Waals surface area contributed by atoms with Gasteiger partial charge in [-0.3, -0.25) is 9.59 Å². The summed E-state index contributed by atoms with van der Waals surface area (Å²) in [4.78, 5) is 30.8. The van der Waals surface area contributed by atoms with Crippen molar-refractivity contribution in [1.82, 2.24) is 4.98 Å². The third-order valence-electron chi connectivity index (χ3n) is 6.82. The van der Waals surface area contributed by atoms with Crippen LogP contribution in [0.4, 0.5) is 0 Å². The number of carbonyl (C=O) groups excluding carboxylic acids is 2. The first-order valence-electron chi connectivity index (χ1n) is 11.8. The molecule has 180 valence electrons. The zero-order chi connectivity index (χ0) is 24.7. The summed E-state index contributed by atoms with van der Waals surface area (Å²) in [5, 5.41) is 9.72. The van der Waals surface area contributed by atoms with E-state index in [1.807, 2.05) is 38.2 Å². The molecule has 2 N–H and O–H groups in total. The van der Waals surface area contributed by atoms with E-state index in [4.69, 9.17) is 4.74 Å². The Morgan fingerprint density at radius 1 is 1.15 bits per heavy atom. The summed E-state index contributed by atoms with van der Waals surface area (Å²) in [5.74, 6) is -0.303. The quantitative estimate of drug-likeness (QED) is 0.326. The molecule has 5 nitrogen and oxygen atoms in total. The summed E-state index contributed by atoms with van der Waals surface area (Å²) in [6.45, 7) is 10.4. The predicted octanol–water partition coefficient (Wildman–Crippen LogP) is 6.18. The maximum atomic E-state index is 13.4. The number of fused-ring (bicyclic) bond motifs is 1. The lowest BCUT2D eigenvalue weighted by atomic mass is 9.78. The topological polar surface area (TPSA) is 79.4 Å². The van der Waals surface area contributed by atoms with Gasteiger partial charge in [0.2, 0.25) is 0 Å². The van der Waals surface area contributed by atoms with Gasteiger partial charge < -0.3 is 14.8 Å². The number of carbonyl (C=O) groups is 2. The number of benzene rings is 2. The summed E-state index contributed by atoms with van der Waals surface area (Å²) in [6, 6.07) is 13.2. The fourth-order valence-corrected chi connectivity index (χ4v) is 5.88. The molecule has 34 heavy (non-hydrogen) atoms. The van der Waals surface area contributed by atoms with Gasteiger partial charge in [0.15, 0.2) is 11.0 Å². The molecule has 1 aliphatic rings. The fraction of sp³-hybridized carbons (Fsp3) is 0.429. The van der Waals surface area contributed by atoms with Crippen molar-refractivity contribution in [2.45, 2.75) is 75.0 Å². The number of aryl methyl sites for hydroxylation is 1. The largest absolute Gasteiger partial charge is 0.508 e. The lowest BCUT2D eigenvalue weighted by Crippen LogP contribution is -2.52. The molecule has 2 atom stereocenters. The SMILES string of the molecule is CC(C)[C@]1(CCc2ccc(O)cc2)CC(=O)C(Sc2cc3cc[nH]c3cc2C(C)(C)C)C(=O)O1. The van der Waals surface area contributed by atoms with E-state index in [0.29, 0.717) is 12.8 Å². The van der Waals surface area contributed by atoms with Gasteiger partial charge in [-0.1, -0.05) is 46.8 Å². The lowest BCUT2D eigenvalue weighted by molar-refractivity contribution is -0.176. The minimum Gasteiger partial charge on any atom is -0.508 e. The van der Waals surface area contributed by atoms with Crippen LogP contribution >= 0.6 is 11.8 Å². The maximum absolute atomic E-state index is 13.4. The molecule has 0 amide bonds. The average Bonchev–Trinajstić information content (AvgIpc) is 3.22. The van der Waals surface area contributed by atoms with Crippen LogP contribution in [-0.2, 0) is 26.2 Å². The molecule has 3 aromatic rings. The van der Waals surface area contributed by atoms with Gasteiger partial charge in [0.05, 0.1) is 0 Å². The summed E-state index contributed by atoms with van der Waals surface area (Å²) in [7, 11) is 0. The molecule has 2 aromatic carbocycles. The Morgan fingerprint density at radius 3 is 2.47 bits per heavy atom. The number of phenols is 1. The molecule has 1 saturated heterocycles. The second-order valence-corrected chi connectivity index (χ2v) is 11.8. The molecule has 1 aliphatic heterocycles. The Kier molecular flexibility index (Phi) is 6.56. The second-order valence-electron chi connectivity index (χ2n) is 10.6. The van der Waals surface area contributed by atoms with Gasteiger partial charge in [0.25, 0.3) is 0 Å². The van der Waals surface area contributed by atoms with Crippen molar-refractivity contribution in [2.75, 3.05) is 0 Å². The van der Waals surface area contributed by atoms with Gasteiger partial charge >= 0.3 is 5.97 Å². The number of thioether (sulfide) groups is 1. The number of phenolic OH excluding ortho intramolecular Hbond substituents is 1. The number of nitrogens with one attached hydrogen (secondary N) is 1. The van der Waals surface area contributed by atoms with E-state index < -0.39 is 16.8 Å². The Hall–Kier alpha value is -2.73. The number of ketones is 1. The van der Waals surface area contributed by atoms with Gasteiger partial charge in [0.1, 0.15) is 11.4 Å². The van der Waals surface area contributed by atoms with E-state index in [1.54, 1.807) is 12.1 Å². The fourth-order valence-electron chi connectivity index (χ4n) is 4.58. The molecular weight excluding hydrogens is 446 g/mol. The number of cyclic esters (lactones) is 1. The molecule has 0 saturated carbocycles. The first-order valence-corrected chi connectivity index (χ1v) is 12.7. The molecular formula is C28H33NO4S. The van der Waals surface area contributed by atoms with E-state index >= 15 is 0 Å². The number of Topliss-reactive ketones (excluding diaryl/α,β-unsaturated/α-hetero) is 1. The van der Waals surface area contributed by atoms with Crippen molar-refractivity contribution >= 4 is 34.4 Å². The van der Waals surface area contributed by atoms with Crippen LogP contribution in [0.25, 0.3) is 10.9 Å². The van der Waals surface area contributed by atoms with Crippen molar-refractivity contribution in [3.8, 4) is 5.75 Å². The molecule has 4 rings (SSSR count). The van der Waals surface area contributed by atoms with Crippen LogP contribution in [0.5, 0.6) is 5.75 Å². The summed E-state index contributed by atoms with van der Waals surface area (Å²) in [5.41, 5.74) is 2.21. The summed E-state index contributed by atoms with van der Waals surface area (Å²) < 4.78 is 6.10. The highest BCUT2D eigenvalue weighted by Crippen LogP contribution is 2.43. The van der Waals surface area contributed by atoms with E-state index in [-0.39, 0.29) is 29.3 Å². The zero-order valence-electron chi connectivity index (χ0n) is 20.5. The normalized spacial score (nSPS) is 21.3. The minimum absolute atomic E-state index is 0.00445. The van der Waals surface area contributed by atoms with E-state index in [1.165, 1.54) is 11.8 Å². The zero-order valence-corrected chi connectivity index (χ0v) is 21.3. The highest BCUT2D eigenvalue weighted by molar-refractivity contribution is 8.01. The van der Waals surface area contributed by atoms with Gasteiger partial charge in [-0.15, -0.1) is 11.8 Å². The molecule has 1 fully saturated rings. The number of rotatable bonds is 6. The van der Waals surface area contributed by atoms with Crippen molar-refractivity contribution in [1.29, 1.82) is 0 Å². The van der Waals surface area contributed by atoms with Crippen LogP contribution in [0, 0.1) is 5.92 Å². The highest BCUT2D eigenvalue weighted by Gasteiger charge is 2.49. The van der Waals surface area contributed by atoms with Crippen molar-refractivity contribution in [2.24, 2.45) is 5.92 Å². The molecule has 0 spiro atoms. The van der Waals surface area contributed by atoms with Crippen LogP contribution in [0.3, 0.4) is 0 Å². The van der Waals surface area contributed by atoms with Crippen LogP contribution in [0.2, 0.25) is 0 Å². The minimum atomic E-state index is -0.863. The van der Waals surface area contributed by atoms with Crippen LogP contribution < -0.4 is 0 Å². The first-order chi connectivity index (χ1) is 16.0. The Balaban J connectivity index is 1.57. The third kappa shape index (κ3) is 4.88.